The molecule has 10 rings (SSSR count). The van der Waals surface area contributed by atoms with Gasteiger partial charge in [-0.1, -0.05) is 37.6 Å². The highest BCUT2D eigenvalue weighted by molar-refractivity contribution is 6.30. The summed E-state index contributed by atoms with van der Waals surface area (Å²) in [5.41, 5.74) is 4.33. The van der Waals surface area contributed by atoms with Gasteiger partial charge in [0.2, 0.25) is 5.91 Å². The summed E-state index contributed by atoms with van der Waals surface area (Å²) in [5.74, 6) is 2.81. The molecular weight excluding hydrogens is 814 g/mol. The largest absolute Gasteiger partial charge is 0.494 e. The molecule has 1 aromatic heterocycles. The first-order valence-electron chi connectivity index (χ1n) is 24.0. The highest BCUT2D eigenvalue weighted by Gasteiger charge is 2.55. The molecule has 63 heavy (non-hydrogen) atoms. The minimum absolute atomic E-state index is 0.0581. The van der Waals surface area contributed by atoms with Crippen LogP contribution in [0.15, 0.2) is 54.7 Å². The fraction of sp³-hybridized carbons (Fsp3) is 0.615. The van der Waals surface area contributed by atoms with Gasteiger partial charge in [-0.05, 0) is 203 Å². The molecule has 0 aliphatic heterocycles. The van der Waals surface area contributed by atoms with E-state index in [2.05, 4.69) is 41.6 Å². The molecule has 0 radical (unpaired) electrons. The molecular formula is C52H66ClN3O7. The summed E-state index contributed by atoms with van der Waals surface area (Å²) in [7, 11) is 0. The maximum atomic E-state index is 13.2. The third-order valence-electron chi connectivity index (χ3n) is 16.5. The van der Waals surface area contributed by atoms with Crippen molar-refractivity contribution < 1.29 is 34.1 Å². The van der Waals surface area contributed by atoms with Crippen LogP contribution in [0.3, 0.4) is 0 Å². The van der Waals surface area contributed by atoms with Crippen molar-refractivity contribution in [1.82, 2.24) is 10.3 Å². The smallest absolute Gasteiger partial charge is 0.329 e. The summed E-state index contributed by atoms with van der Waals surface area (Å²) >= 11 is 6.32. The van der Waals surface area contributed by atoms with E-state index in [0.29, 0.717) is 68.4 Å². The molecule has 7 aliphatic carbocycles. The standard InChI is InChI=1S/C52H66ClN3O7/c1-32(31-63-45-13-18-54-43-9-3-6-33(2)47(43)45)20-38-24-37-11-12-41(26-42(37)51(38)14-16-52(17-15-51,49(60)61)56-40-8-4-7-39(53)25-40)62-19-5-10-46(57)55-44(48(58)59)30-50-27-34-21-35(28-50)23-36(22-34)29-50/h4,7-8,11-13,18,25-26,32-36,38,44,56H,3,5-6,9-10,14-17,19-24,27-31H2,1-2H3,(H,55,57)(H,58,59)(H,60,61)/t32-,33-,34?,35?,36?,38+,44-,50?,51?,52?/m1/s1. The zero-order valence-corrected chi connectivity index (χ0v) is 37.9. The number of aliphatic carboxylic acids is 2. The fourth-order valence-electron chi connectivity index (χ4n) is 14.0. The Balaban J connectivity index is 0.863. The second kappa shape index (κ2) is 17.9. The predicted octanol–water partition coefficient (Wildman–Crippen LogP) is 10.5. The van der Waals surface area contributed by atoms with E-state index in [9.17, 15) is 24.6 Å². The first-order chi connectivity index (χ1) is 30.3. The van der Waals surface area contributed by atoms with Gasteiger partial charge in [-0.15, -0.1) is 0 Å². The number of anilines is 1. The van der Waals surface area contributed by atoms with Crippen LogP contribution in [0.1, 0.15) is 145 Å². The lowest BCUT2D eigenvalue weighted by Gasteiger charge is -2.57. The Morgan fingerprint density at radius 1 is 0.952 bits per heavy atom. The minimum atomic E-state index is -1.13. The number of ether oxygens (including phenoxy) is 2. The zero-order valence-electron chi connectivity index (χ0n) is 37.1. The third-order valence-corrected chi connectivity index (χ3v) is 16.8. The van der Waals surface area contributed by atoms with Crippen molar-refractivity contribution in [2.45, 2.75) is 152 Å². The topological polar surface area (TPSA) is 147 Å². The van der Waals surface area contributed by atoms with Crippen molar-refractivity contribution in [2.24, 2.45) is 35.0 Å². The molecule has 4 bridgehead atoms. The predicted molar refractivity (Wildman–Crippen MR) is 244 cm³/mol. The van der Waals surface area contributed by atoms with Crippen LogP contribution in [0.25, 0.3) is 0 Å². The molecule has 5 saturated carbocycles. The van der Waals surface area contributed by atoms with E-state index in [0.717, 1.165) is 86.3 Å². The fourth-order valence-corrected chi connectivity index (χ4v) is 14.2. The molecule has 7 aliphatic rings. The van der Waals surface area contributed by atoms with Crippen LogP contribution in [0.2, 0.25) is 5.02 Å². The van der Waals surface area contributed by atoms with E-state index >= 15 is 0 Å². The number of rotatable bonds is 17. The molecule has 1 amide bonds. The molecule has 4 N–H and O–H groups in total. The number of nitrogens with one attached hydrogen (secondary N) is 2. The van der Waals surface area contributed by atoms with E-state index in [1.807, 2.05) is 30.5 Å². The number of hydrogen-bond acceptors (Lipinski definition) is 7. The van der Waals surface area contributed by atoms with Crippen molar-refractivity contribution in [3.63, 3.8) is 0 Å². The van der Waals surface area contributed by atoms with Gasteiger partial charge in [-0.2, -0.15) is 0 Å². The van der Waals surface area contributed by atoms with Crippen LogP contribution in [0, 0.1) is 35.0 Å². The van der Waals surface area contributed by atoms with E-state index < -0.39 is 23.5 Å². The molecule has 1 spiro atoms. The van der Waals surface area contributed by atoms with Crippen molar-refractivity contribution in [1.29, 1.82) is 0 Å². The van der Waals surface area contributed by atoms with Gasteiger partial charge in [0, 0.05) is 34.6 Å². The number of carbonyl (C=O) groups excluding carboxylic acids is 1. The maximum Gasteiger partial charge on any atom is 0.329 e. The van der Waals surface area contributed by atoms with Crippen LogP contribution in [-0.2, 0) is 32.6 Å². The van der Waals surface area contributed by atoms with Gasteiger partial charge in [-0.25, -0.2) is 9.59 Å². The summed E-state index contributed by atoms with van der Waals surface area (Å²) in [6, 6.07) is 14.8. The number of halogens is 1. The molecule has 3 aromatic rings. The van der Waals surface area contributed by atoms with Gasteiger partial charge in [0.1, 0.15) is 23.1 Å². The number of fused-ring (bicyclic) bond motifs is 3. The van der Waals surface area contributed by atoms with Gasteiger partial charge in [0.05, 0.1) is 13.2 Å². The lowest BCUT2D eigenvalue weighted by Crippen LogP contribution is -2.53. The van der Waals surface area contributed by atoms with Crippen molar-refractivity contribution in [2.75, 3.05) is 18.5 Å². The number of aryl methyl sites for hydroxylation is 1. The summed E-state index contributed by atoms with van der Waals surface area (Å²) < 4.78 is 12.9. The Labute approximate surface area is 377 Å². The average Bonchev–Trinajstić information content (AvgIpc) is 3.52. The number of nitrogens with zero attached hydrogens (tertiary/aromatic N) is 1. The number of amides is 1. The van der Waals surface area contributed by atoms with Gasteiger partial charge >= 0.3 is 11.9 Å². The molecule has 10 nitrogen and oxygen atoms in total. The Hall–Kier alpha value is -4.31. The number of carboxylic acid groups (broad SMARTS) is 2. The number of benzene rings is 2. The van der Waals surface area contributed by atoms with Crippen LogP contribution >= 0.6 is 11.6 Å². The van der Waals surface area contributed by atoms with Gasteiger partial charge in [0.25, 0.3) is 0 Å². The minimum Gasteiger partial charge on any atom is -0.494 e. The summed E-state index contributed by atoms with van der Waals surface area (Å²) in [6.07, 6.45) is 17.7. The molecule has 11 heteroatoms. The molecule has 2 aromatic carbocycles. The van der Waals surface area contributed by atoms with E-state index in [-0.39, 0.29) is 35.0 Å². The van der Waals surface area contributed by atoms with E-state index in [4.69, 9.17) is 21.1 Å². The Morgan fingerprint density at radius 3 is 2.40 bits per heavy atom. The molecule has 0 unspecified atom stereocenters. The highest BCUT2D eigenvalue weighted by atomic mass is 35.5. The van der Waals surface area contributed by atoms with Gasteiger partial charge in [-0.3, -0.25) is 9.78 Å². The van der Waals surface area contributed by atoms with Crippen molar-refractivity contribution >= 4 is 35.1 Å². The Morgan fingerprint density at radius 2 is 1.70 bits per heavy atom. The molecule has 5 fully saturated rings. The van der Waals surface area contributed by atoms with E-state index in [1.54, 1.807) is 12.1 Å². The van der Waals surface area contributed by atoms with Gasteiger partial charge < -0.3 is 30.3 Å². The number of carboxylic acids is 2. The number of hydrogen-bond donors (Lipinski definition) is 4. The Bertz CT molecular complexity index is 2150. The molecule has 0 saturated heterocycles. The van der Waals surface area contributed by atoms with Crippen molar-refractivity contribution in [3.8, 4) is 11.5 Å². The van der Waals surface area contributed by atoms with Crippen LogP contribution in [0.4, 0.5) is 5.69 Å². The average molecular weight is 881 g/mol. The maximum absolute atomic E-state index is 13.2. The first kappa shape index (κ1) is 43.9. The molecule has 1 heterocycles. The quantitative estimate of drug-likeness (QED) is 0.0973. The molecule has 4 atom stereocenters. The number of aromatic nitrogens is 1. The van der Waals surface area contributed by atoms with Crippen molar-refractivity contribution in [3.05, 3.63) is 82.1 Å². The van der Waals surface area contributed by atoms with E-state index in [1.165, 1.54) is 36.0 Å². The number of carbonyl (C=O) groups is 3. The lowest BCUT2D eigenvalue weighted by atomic mass is 9.48. The van der Waals surface area contributed by atoms with Crippen LogP contribution in [0.5, 0.6) is 11.5 Å². The monoisotopic (exact) mass is 879 g/mol. The molecule has 338 valence electrons. The third kappa shape index (κ3) is 9.17. The highest BCUT2D eigenvalue weighted by Crippen LogP contribution is 2.62. The normalized spacial score (nSPS) is 31.1. The van der Waals surface area contributed by atoms with Crippen LogP contribution < -0.4 is 20.1 Å². The Kier molecular flexibility index (Phi) is 12.5. The summed E-state index contributed by atoms with van der Waals surface area (Å²) in [5, 5.41) is 27.7. The SMILES string of the molecule is C[C@@H](COc1ccnc2c1[C@H](C)CCC2)C[C@H]1Cc2ccc(OCCCC(=O)N[C@H](CC34CC5CC(CC(C5)C3)C4)C(=O)O)cc2C12CCC(Nc1cccc(Cl)c1)(C(=O)O)CC2. The zero-order chi connectivity index (χ0) is 43.9. The number of pyridine rings is 1. The summed E-state index contributed by atoms with van der Waals surface area (Å²) in [6.45, 7) is 5.46. The lowest BCUT2D eigenvalue weighted by molar-refractivity contribution is -0.145. The summed E-state index contributed by atoms with van der Waals surface area (Å²) in [4.78, 5) is 43.4. The van der Waals surface area contributed by atoms with Crippen LogP contribution in [-0.4, -0.2) is 57.8 Å². The second-order valence-corrected chi connectivity index (χ2v) is 21.5. The van der Waals surface area contributed by atoms with Gasteiger partial charge in [0.15, 0.2) is 0 Å². The first-order valence-corrected chi connectivity index (χ1v) is 24.3. The second-order valence-electron chi connectivity index (χ2n) is 21.0.